The summed E-state index contributed by atoms with van der Waals surface area (Å²) < 4.78 is 36.4. The first-order valence-electron chi connectivity index (χ1n) is 7.43. The number of nitrogens with zero attached hydrogens (tertiary/aromatic N) is 1. The highest BCUT2D eigenvalue weighted by molar-refractivity contribution is 7.80. The van der Waals surface area contributed by atoms with Crippen LogP contribution in [0.1, 0.15) is 20.1 Å². The standard InChI is InChI=1S/C14H15FN2O7S/c1-6(2)11(25)21-5-14(15)9-8(22-13(20)23-9)10(24-14)17-4-3-7(18)16-12(17)19/h3-4,6,8-10H,5H2,1-2H3,(H,16,18,19)/t8-,9+,10-,14-/m1/s1. The monoisotopic (exact) mass is 374 g/mol. The zero-order valence-electron chi connectivity index (χ0n) is 13.3. The van der Waals surface area contributed by atoms with E-state index in [0.29, 0.717) is 0 Å². The van der Waals surface area contributed by atoms with E-state index in [9.17, 15) is 14.4 Å². The van der Waals surface area contributed by atoms with E-state index in [1.807, 2.05) is 4.98 Å². The van der Waals surface area contributed by atoms with Gasteiger partial charge in [-0.2, -0.15) is 0 Å². The molecule has 2 aliphatic heterocycles. The van der Waals surface area contributed by atoms with Crippen molar-refractivity contribution in [2.45, 2.75) is 38.1 Å². The van der Waals surface area contributed by atoms with Gasteiger partial charge in [-0.05, 0) is 12.2 Å². The summed E-state index contributed by atoms with van der Waals surface area (Å²) in [6, 6.07) is 1.06. The number of aromatic amines is 1. The molecule has 0 aromatic carbocycles. The fourth-order valence-corrected chi connectivity index (χ4v) is 2.60. The SMILES string of the molecule is CC(C)C(=S)OC[C@@]1(F)O[C@@H](n2ccc(=O)[nH]c2=O)[C@@H]2OC(=O)O[C@@H]21. The molecule has 136 valence electrons. The molecule has 2 saturated heterocycles. The Kier molecular flexibility index (Phi) is 4.37. The predicted molar refractivity (Wildman–Crippen MR) is 83.8 cm³/mol. The van der Waals surface area contributed by atoms with Crippen molar-refractivity contribution < 1.29 is 28.1 Å². The van der Waals surface area contributed by atoms with Gasteiger partial charge >= 0.3 is 11.8 Å². The number of rotatable bonds is 4. The van der Waals surface area contributed by atoms with Crippen molar-refractivity contribution in [1.82, 2.24) is 9.55 Å². The van der Waals surface area contributed by atoms with Gasteiger partial charge in [-0.15, -0.1) is 0 Å². The van der Waals surface area contributed by atoms with Gasteiger partial charge in [-0.25, -0.2) is 14.0 Å². The Morgan fingerprint density at radius 2 is 2.16 bits per heavy atom. The molecule has 0 amide bonds. The number of H-pyrrole nitrogens is 1. The van der Waals surface area contributed by atoms with E-state index in [1.54, 1.807) is 13.8 Å². The number of hydrogen-bond acceptors (Lipinski definition) is 8. The van der Waals surface area contributed by atoms with Crippen molar-refractivity contribution >= 4 is 23.4 Å². The molecule has 11 heteroatoms. The molecule has 0 saturated carbocycles. The van der Waals surface area contributed by atoms with Crippen LogP contribution in [0.4, 0.5) is 9.18 Å². The lowest BCUT2D eigenvalue weighted by Crippen LogP contribution is -2.43. The number of fused-ring (bicyclic) bond motifs is 1. The minimum absolute atomic E-state index is 0.129. The highest BCUT2D eigenvalue weighted by Crippen LogP contribution is 2.44. The minimum atomic E-state index is -2.57. The average molecular weight is 374 g/mol. The van der Waals surface area contributed by atoms with Crippen molar-refractivity contribution in [3.63, 3.8) is 0 Å². The number of alkyl halides is 1. The van der Waals surface area contributed by atoms with Crippen LogP contribution in [0.2, 0.25) is 0 Å². The summed E-state index contributed by atoms with van der Waals surface area (Å²) in [6.07, 6.45) is -3.98. The van der Waals surface area contributed by atoms with Gasteiger partial charge in [0.15, 0.2) is 24.0 Å². The van der Waals surface area contributed by atoms with E-state index < -0.39 is 48.3 Å². The summed E-state index contributed by atoms with van der Waals surface area (Å²) >= 11 is 4.98. The van der Waals surface area contributed by atoms with Crippen LogP contribution in [0.5, 0.6) is 0 Å². The summed E-state index contributed by atoms with van der Waals surface area (Å²) in [5.41, 5.74) is -1.48. The van der Waals surface area contributed by atoms with Gasteiger partial charge in [0.05, 0.1) is 0 Å². The number of ether oxygens (including phenoxy) is 4. The molecule has 1 aromatic rings. The number of hydrogen-bond donors (Lipinski definition) is 1. The molecule has 0 radical (unpaired) electrons. The fraction of sp³-hybridized carbons (Fsp3) is 0.571. The maximum Gasteiger partial charge on any atom is 0.509 e. The van der Waals surface area contributed by atoms with Gasteiger partial charge in [0.2, 0.25) is 6.10 Å². The van der Waals surface area contributed by atoms with Crippen LogP contribution < -0.4 is 11.2 Å². The van der Waals surface area contributed by atoms with E-state index >= 15 is 4.39 Å². The Morgan fingerprint density at radius 1 is 1.44 bits per heavy atom. The molecule has 25 heavy (non-hydrogen) atoms. The molecule has 1 N–H and O–H groups in total. The van der Waals surface area contributed by atoms with Gasteiger partial charge in [0.1, 0.15) is 0 Å². The lowest BCUT2D eigenvalue weighted by Gasteiger charge is -2.24. The summed E-state index contributed by atoms with van der Waals surface area (Å²) in [5.74, 6) is -2.70. The number of carbonyl (C=O) groups is 1. The number of thiocarbonyl (C=S) groups is 1. The normalized spacial score (nSPS) is 30.7. The third-order valence-electron chi connectivity index (χ3n) is 3.78. The quantitative estimate of drug-likeness (QED) is 0.604. The van der Waals surface area contributed by atoms with Crippen molar-refractivity contribution in [3.8, 4) is 0 Å². The van der Waals surface area contributed by atoms with Crippen LogP contribution in [-0.4, -0.2) is 45.4 Å². The summed E-state index contributed by atoms with van der Waals surface area (Å²) in [6.45, 7) is 2.90. The summed E-state index contributed by atoms with van der Waals surface area (Å²) in [5, 5.41) is 0.159. The first kappa shape index (κ1) is 17.5. The second-order valence-corrected chi connectivity index (χ2v) is 6.35. The Hall–Kier alpha value is -2.27. The van der Waals surface area contributed by atoms with E-state index in [-0.39, 0.29) is 11.0 Å². The Morgan fingerprint density at radius 3 is 2.80 bits per heavy atom. The third-order valence-corrected chi connectivity index (χ3v) is 4.37. The summed E-state index contributed by atoms with van der Waals surface area (Å²) in [7, 11) is 0. The van der Waals surface area contributed by atoms with E-state index in [1.165, 1.54) is 0 Å². The van der Waals surface area contributed by atoms with Crippen molar-refractivity contribution in [1.29, 1.82) is 0 Å². The Bertz CT molecular complexity index is 822. The molecular formula is C14H15FN2O7S. The zero-order chi connectivity index (χ0) is 18.4. The molecule has 2 aliphatic rings. The van der Waals surface area contributed by atoms with E-state index in [2.05, 4.69) is 0 Å². The highest BCUT2D eigenvalue weighted by atomic mass is 32.1. The second-order valence-electron chi connectivity index (χ2n) is 5.95. The number of carbonyl (C=O) groups excluding carboxylic acids is 1. The molecular weight excluding hydrogens is 359 g/mol. The van der Waals surface area contributed by atoms with E-state index in [4.69, 9.17) is 31.2 Å². The molecule has 9 nitrogen and oxygen atoms in total. The number of aromatic nitrogens is 2. The maximum atomic E-state index is 15.3. The van der Waals surface area contributed by atoms with Gasteiger partial charge in [-0.1, -0.05) is 13.8 Å². The van der Waals surface area contributed by atoms with Crippen molar-refractivity contribution in [2.24, 2.45) is 5.92 Å². The lowest BCUT2D eigenvalue weighted by atomic mass is 10.1. The molecule has 0 spiro atoms. The van der Waals surface area contributed by atoms with Gasteiger partial charge in [-0.3, -0.25) is 14.3 Å². The maximum absolute atomic E-state index is 15.3. The van der Waals surface area contributed by atoms with Crippen LogP contribution in [0.25, 0.3) is 0 Å². The molecule has 0 unspecified atom stereocenters. The van der Waals surface area contributed by atoms with Crippen LogP contribution in [0.15, 0.2) is 21.9 Å². The molecule has 4 atom stereocenters. The second kappa shape index (κ2) is 6.23. The summed E-state index contributed by atoms with van der Waals surface area (Å²) in [4.78, 5) is 36.6. The van der Waals surface area contributed by atoms with Gasteiger partial charge in [0.25, 0.3) is 11.4 Å². The van der Waals surface area contributed by atoms with Crippen molar-refractivity contribution in [3.05, 3.63) is 33.1 Å². The first-order chi connectivity index (χ1) is 11.7. The highest BCUT2D eigenvalue weighted by Gasteiger charge is 2.65. The van der Waals surface area contributed by atoms with Crippen LogP contribution in [-0.2, 0) is 18.9 Å². The molecule has 0 aliphatic carbocycles. The van der Waals surface area contributed by atoms with Gasteiger partial charge in [0, 0.05) is 18.2 Å². The Labute approximate surface area is 145 Å². The Balaban J connectivity index is 1.89. The molecule has 3 rings (SSSR count). The van der Waals surface area contributed by atoms with Crippen LogP contribution in [0.3, 0.4) is 0 Å². The third kappa shape index (κ3) is 3.16. The fourth-order valence-electron chi connectivity index (χ4n) is 2.54. The van der Waals surface area contributed by atoms with Crippen LogP contribution >= 0.6 is 12.2 Å². The van der Waals surface area contributed by atoms with Crippen molar-refractivity contribution in [2.75, 3.05) is 6.61 Å². The zero-order valence-corrected chi connectivity index (χ0v) is 14.1. The number of halogens is 1. The topological polar surface area (TPSA) is 109 Å². The number of nitrogens with one attached hydrogen (secondary N) is 1. The smallest absolute Gasteiger partial charge is 0.481 e. The molecule has 3 heterocycles. The lowest BCUT2D eigenvalue weighted by molar-refractivity contribution is -0.208. The molecule has 1 aromatic heterocycles. The minimum Gasteiger partial charge on any atom is -0.481 e. The van der Waals surface area contributed by atoms with E-state index in [0.717, 1.165) is 16.8 Å². The predicted octanol–water partition coefficient (Wildman–Crippen LogP) is 0.635. The molecule has 2 fully saturated rings. The average Bonchev–Trinajstić information content (AvgIpc) is 3.03. The first-order valence-corrected chi connectivity index (χ1v) is 7.84. The molecule has 0 bridgehead atoms. The van der Waals surface area contributed by atoms with Gasteiger partial charge < -0.3 is 18.9 Å². The largest absolute Gasteiger partial charge is 0.509 e. The van der Waals surface area contributed by atoms with Crippen LogP contribution in [0, 0.1) is 5.92 Å².